The minimum Gasteiger partial charge on any atom is -0.388 e. The minimum atomic E-state index is -1.24. The van der Waals surface area contributed by atoms with Gasteiger partial charge in [-0.2, -0.15) is 11.8 Å². The van der Waals surface area contributed by atoms with Crippen molar-refractivity contribution >= 4 is 39.7 Å². The first-order valence-electron chi connectivity index (χ1n) is 10.3. The standard InChI is InChI=1S/C21H26N4O3S3/c1-24(31(28)19-6-5-18(30-19)15-4-2-9-22-10-7-15)11-3-12-25-17-8-13-29-14-16(17)20(26)23-21(25)27/h2,5-7,9,22H,3-4,8,10-14H2,1H3,(H,23,26,27). The van der Waals surface area contributed by atoms with Crippen LogP contribution in [-0.2, 0) is 29.7 Å². The van der Waals surface area contributed by atoms with Crippen molar-refractivity contribution in [3.8, 4) is 0 Å². The van der Waals surface area contributed by atoms with E-state index in [0.29, 0.717) is 25.3 Å². The quantitative estimate of drug-likeness (QED) is 0.638. The Morgan fingerprint density at radius 1 is 1.29 bits per heavy atom. The molecule has 0 spiro atoms. The first-order valence-corrected chi connectivity index (χ1v) is 13.4. The van der Waals surface area contributed by atoms with Crippen LogP contribution in [0.15, 0.2) is 44.3 Å². The zero-order valence-electron chi connectivity index (χ0n) is 17.4. The van der Waals surface area contributed by atoms with E-state index in [-0.39, 0.29) is 11.2 Å². The van der Waals surface area contributed by atoms with Crippen molar-refractivity contribution in [2.75, 3.05) is 25.9 Å². The largest absolute Gasteiger partial charge is 0.388 e. The summed E-state index contributed by atoms with van der Waals surface area (Å²) in [5, 5.41) is 3.19. The molecule has 0 aromatic carbocycles. The minimum absolute atomic E-state index is 0.259. The topological polar surface area (TPSA) is 87.2 Å². The number of aromatic nitrogens is 2. The maximum absolute atomic E-state index is 13.0. The van der Waals surface area contributed by atoms with E-state index in [1.165, 1.54) is 5.57 Å². The molecule has 2 aliphatic heterocycles. The number of fused-ring (bicyclic) bond motifs is 1. The number of hydrogen-bond donors (Lipinski definition) is 2. The second kappa shape index (κ2) is 10.2. The lowest BCUT2D eigenvalue weighted by Gasteiger charge is -2.20. The van der Waals surface area contributed by atoms with Crippen LogP contribution >= 0.6 is 23.1 Å². The fourth-order valence-corrected chi connectivity index (χ4v) is 7.24. The molecule has 0 aliphatic carbocycles. The number of nitrogens with zero attached hydrogens (tertiary/aromatic N) is 2. The highest BCUT2D eigenvalue weighted by Crippen LogP contribution is 2.30. The van der Waals surface area contributed by atoms with Crippen molar-refractivity contribution in [3.05, 3.63) is 67.5 Å². The van der Waals surface area contributed by atoms with Crippen LogP contribution in [0.25, 0.3) is 5.57 Å². The molecular formula is C21H26N4O3S3. The molecule has 0 bridgehead atoms. The molecule has 2 aromatic rings. The molecule has 1 atom stereocenters. The van der Waals surface area contributed by atoms with E-state index >= 15 is 0 Å². The first kappa shape index (κ1) is 22.3. The number of hydrogen-bond acceptors (Lipinski definition) is 6. The predicted octanol–water partition coefficient (Wildman–Crippen LogP) is 2.32. The molecule has 0 fully saturated rings. The molecule has 31 heavy (non-hydrogen) atoms. The van der Waals surface area contributed by atoms with Crippen LogP contribution in [-0.4, -0.2) is 44.0 Å². The van der Waals surface area contributed by atoms with Crippen LogP contribution in [0.5, 0.6) is 0 Å². The summed E-state index contributed by atoms with van der Waals surface area (Å²) in [6.45, 7) is 1.89. The molecule has 2 N–H and O–H groups in total. The van der Waals surface area contributed by atoms with Crippen LogP contribution in [0.1, 0.15) is 29.0 Å². The van der Waals surface area contributed by atoms with Crippen molar-refractivity contribution in [2.45, 2.75) is 35.8 Å². The number of allylic oxidation sites excluding steroid dienone is 2. The van der Waals surface area contributed by atoms with Gasteiger partial charge in [-0.15, -0.1) is 11.3 Å². The SMILES string of the molecule is CN(CCCn1c2c(c(=O)[nH]c1=O)CSCC2)S(=O)c1ccc(C2=CCNC=CC2)s1. The van der Waals surface area contributed by atoms with Crippen molar-refractivity contribution in [3.63, 3.8) is 0 Å². The Kier molecular flexibility index (Phi) is 7.31. The fraction of sp³-hybridized carbons (Fsp3) is 0.429. The lowest BCUT2D eigenvalue weighted by Crippen LogP contribution is -2.37. The summed E-state index contributed by atoms with van der Waals surface area (Å²) >= 11 is 3.28. The highest BCUT2D eigenvalue weighted by molar-refractivity contribution is 7.98. The molecule has 166 valence electrons. The normalized spacial score (nSPS) is 17.0. The maximum Gasteiger partial charge on any atom is 0.328 e. The number of aromatic amines is 1. The van der Waals surface area contributed by atoms with Gasteiger partial charge in [-0.25, -0.2) is 13.3 Å². The van der Waals surface area contributed by atoms with Gasteiger partial charge in [0.25, 0.3) is 5.56 Å². The fourth-order valence-electron chi connectivity index (χ4n) is 3.75. The summed E-state index contributed by atoms with van der Waals surface area (Å²) in [7, 11) is 0.600. The second-order valence-corrected chi connectivity index (χ2v) is 11.5. The van der Waals surface area contributed by atoms with Crippen LogP contribution in [0.2, 0.25) is 0 Å². The van der Waals surface area contributed by atoms with Gasteiger partial charge in [0, 0.05) is 48.6 Å². The first-order chi connectivity index (χ1) is 15.0. The number of thiophene rings is 1. The molecule has 0 amide bonds. The molecular weight excluding hydrogens is 452 g/mol. The summed E-state index contributed by atoms with van der Waals surface area (Å²) in [6, 6.07) is 3.98. The average molecular weight is 479 g/mol. The summed E-state index contributed by atoms with van der Waals surface area (Å²) in [5.41, 5.74) is 2.22. The highest BCUT2D eigenvalue weighted by atomic mass is 32.2. The lowest BCUT2D eigenvalue weighted by atomic mass is 10.1. The van der Waals surface area contributed by atoms with Gasteiger partial charge >= 0.3 is 5.69 Å². The third-order valence-electron chi connectivity index (χ3n) is 5.39. The second-order valence-electron chi connectivity index (χ2n) is 7.46. The third-order valence-corrected chi connectivity index (χ3v) is 9.24. The summed E-state index contributed by atoms with van der Waals surface area (Å²) in [5.74, 6) is 1.57. The van der Waals surface area contributed by atoms with Gasteiger partial charge < -0.3 is 5.32 Å². The summed E-state index contributed by atoms with van der Waals surface area (Å²) in [6.07, 6.45) is 8.51. The maximum atomic E-state index is 13.0. The number of nitrogens with one attached hydrogen (secondary N) is 2. The van der Waals surface area contributed by atoms with E-state index in [1.807, 2.05) is 29.7 Å². The Morgan fingerprint density at radius 3 is 3.03 bits per heavy atom. The zero-order chi connectivity index (χ0) is 21.8. The van der Waals surface area contributed by atoms with Gasteiger partial charge in [0.05, 0.1) is 0 Å². The number of thioether (sulfide) groups is 1. The smallest absolute Gasteiger partial charge is 0.328 e. The molecule has 1 unspecified atom stereocenters. The van der Waals surface area contributed by atoms with Gasteiger partial charge in [-0.3, -0.25) is 14.3 Å². The third kappa shape index (κ3) is 5.14. The molecule has 0 radical (unpaired) electrons. The molecule has 0 saturated heterocycles. The van der Waals surface area contributed by atoms with Crippen LogP contribution < -0.4 is 16.6 Å². The van der Waals surface area contributed by atoms with Gasteiger partial charge in [0.1, 0.15) is 15.2 Å². The molecule has 0 saturated carbocycles. The van der Waals surface area contributed by atoms with Crippen LogP contribution in [0, 0.1) is 0 Å². The van der Waals surface area contributed by atoms with Gasteiger partial charge in [-0.1, -0.05) is 12.2 Å². The average Bonchev–Trinajstić information content (AvgIpc) is 3.10. The zero-order valence-corrected chi connectivity index (χ0v) is 19.8. The van der Waals surface area contributed by atoms with E-state index in [4.69, 9.17) is 0 Å². The van der Waals surface area contributed by atoms with Crippen LogP contribution in [0.3, 0.4) is 0 Å². The van der Waals surface area contributed by atoms with E-state index in [0.717, 1.165) is 45.5 Å². The van der Waals surface area contributed by atoms with Crippen LogP contribution in [0.4, 0.5) is 0 Å². The highest BCUT2D eigenvalue weighted by Gasteiger charge is 2.19. The van der Waals surface area contributed by atoms with Crippen molar-refractivity contribution in [2.24, 2.45) is 0 Å². The van der Waals surface area contributed by atoms with Gasteiger partial charge in [-0.05, 0) is 48.9 Å². The molecule has 4 heterocycles. The summed E-state index contributed by atoms with van der Waals surface area (Å²) in [4.78, 5) is 28.0. The Balaban J connectivity index is 1.39. The van der Waals surface area contributed by atoms with E-state index in [1.54, 1.807) is 27.7 Å². The van der Waals surface area contributed by atoms with Crippen molar-refractivity contribution in [1.82, 2.24) is 19.2 Å². The van der Waals surface area contributed by atoms with E-state index < -0.39 is 11.0 Å². The van der Waals surface area contributed by atoms with E-state index in [2.05, 4.69) is 22.5 Å². The Bertz CT molecular complexity index is 1150. The van der Waals surface area contributed by atoms with E-state index in [9.17, 15) is 13.8 Å². The Morgan fingerprint density at radius 2 is 2.16 bits per heavy atom. The molecule has 10 heteroatoms. The van der Waals surface area contributed by atoms with Crippen molar-refractivity contribution in [1.29, 1.82) is 0 Å². The monoisotopic (exact) mass is 478 g/mol. The predicted molar refractivity (Wildman–Crippen MR) is 129 cm³/mol. The number of rotatable bonds is 7. The Labute approximate surface area is 191 Å². The van der Waals surface area contributed by atoms with Gasteiger partial charge in [0.15, 0.2) is 0 Å². The molecule has 7 nitrogen and oxygen atoms in total. The number of H-pyrrole nitrogens is 1. The van der Waals surface area contributed by atoms with Crippen molar-refractivity contribution < 1.29 is 4.21 Å². The van der Waals surface area contributed by atoms with Gasteiger partial charge in [0.2, 0.25) is 0 Å². The molecule has 4 rings (SSSR count). The lowest BCUT2D eigenvalue weighted by molar-refractivity contribution is 0.469. The molecule has 2 aliphatic rings. The Hall–Kier alpha value is -1.88. The molecule has 2 aromatic heterocycles. The summed E-state index contributed by atoms with van der Waals surface area (Å²) < 4.78 is 17.3.